The summed E-state index contributed by atoms with van der Waals surface area (Å²) in [6.07, 6.45) is 3.69. The molecule has 0 saturated carbocycles. The van der Waals surface area contributed by atoms with Crippen molar-refractivity contribution in [1.82, 2.24) is 9.62 Å². The minimum atomic E-state index is -3.51. The van der Waals surface area contributed by atoms with Gasteiger partial charge in [-0.25, -0.2) is 13.1 Å². The van der Waals surface area contributed by atoms with Crippen LogP contribution in [0.4, 0.5) is 0 Å². The van der Waals surface area contributed by atoms with E-state index in [1.165, 1.54) is 19.3 Å². The molecule has 1 heterocycles. The minimum Gasteiger partial charge on any atom is -0.326 e. The minimum absolute atomic E-state index is 0.112. The second kappa shape index (κ2) is 7.35. The molecule has 0 spiro atoms. The molecule has 1 aromatic carbocycles. The van der Waals surface area contributed by atoms with E-state index in [0.717, 1.165) is 19.6 Å². The van der Waals surface area contributed by atoms with E-state index in [1.54, 1.807) is 24.3 Å². The smallest absolute Gasteiger partial charge is 0.241 e. The van der Waals surface area contributed by atoms with E-state index in [-0.39, 0.29) is 17.5 Å². The Morgan fingerprint density at radius 2 is 1.90 bits per heavy atom. The standard InChI is InChI=1S/C15H25N3O2S/c1-13(12-18-9-5-2-6-10-18)17-21(19,20)15-8-4-3-7-14(15)11-16/h3-4,7-8,13,17H,2,5-6,9-12,16H2,1H3. The van der Waals surface area contributed by atoms with Gasteiger partial charge in [-0.1, -0.05) is 24.6 Å². The number of nitrogens with zero attached hydrogens (tertiary/aromatic N) is 1. The fraction of sp³-hybridized carbons (Fsp3) is 0.600. The van der Waals surface area contributed by atoms with Crippen molar-refractivity contribution in [3.8, 4) is 0 Å². The summed E-state index contributed by atoms with van der Waals surface area (Å²) >= 11 is 0. The van der Waals surface area contributed by atoms with Gasteiger partial charge in [-0.15, -0.1) is 0 Å². The molecule has 6 heteroatoms. The van der Waals surface area contributed by atoms with E-state index in [0.29, 0.717) is 5.56 Å². The van der Waals surface area contributed by atoms with Crippen molar-refractivity contribution < 1.29 is 8.42 Å². The third-order valence-electron chi connectivity index (χ3n) is 3.82. The van der Waals surface area contributed by atoms with Crippen molar-refractivity contribution in [2.24, 2.45) is 5.73 Å². The number of hydrogen-bond acceptors (Lipinski definition) is 4. The number of nitrogens with one attached hydrogen (secondary N) is 1. The average Bonchev–Trinajstić information content (AvgIpc) is 2.47. The van der Waals surface area contributed by atoms with Crippen molar-refractivity contribution in [3.05, 3.63) is 29.8 Å². The van der Waals surface area contributed by atoms with Crippen LogP contribution in [-0.4, -0.2) is 39.0 Å². The predicted molar refractivity (Wildman–Crippen MR) is 84.4 cm³/mol. The molecule has 1 aromatic rings. The lowest BCUT2D eigenvalue weighted by atomic mass is 10.1. The molecule has 2 rings (SSSR count). The first-order chi connectivity index (χ1) is 10.0. The largest absolute Gasteiger partial charge is 0.326 e. The van der Waals surface area contributed by atoms with Crippen LogP contribution in [0, 0.1) is 0 Å². The fourth-order valence-electron chi connectivity index (χ4n) is 2.83. The summed E-state index contributed by atoms with van der Waals surface area (Å²) in [5, 5.41) is 0. The number of piperidine rings is 1. The normalized spacial score (nSPS) is 18.6. The molecule has 5 nitrogen and oxygen atoms in total. The van der Waals surface area contributed by atoms with Gasteiger partial charge >= 0.3 is 0 Å². The van der Waals surface area contributed by atoms with Gasteiger partial charge in [0, 0.05) is 19.1 Å². The first-order valence-electron chi connectivity index (χ1n) is 7.55. The molecule has 1 unspecified atom stereocenters. The Kier molecular flexibility index (Phi) is 5.75. The van der Waals surface area contributed by atoms with Crippen LogP contribution in [0.15, 0.2) is 29.2 Å². The van der Waals surface area contributed by atoms with E-state index in [2.05, 4.69) is 9.62 Å². The Hall–Kier alpha value is -0.950. The Morgan fingerprint density at radius 3 is 2.57 bits per heavy atom. The maximum atomic E-state index is 12.5. The van der Waals surface area contributed by atoms with Crippen LogP contribution < -0.4 is 10.5 Å². The van der Waals surface area contributed by atoms with Crippen molar-refractivity contribution in [1.29, 1.82) is 0 Å². The molecule has 118 valence electrons. The van der Waals surface area contributed by atoms with Gasteiger partial charge in [-0.05, 0) is 44.5 Å². The molecule has 0 amide bonds. The first-order valence-corrected chi connectivity index (χ1v) is 9.04. The lowest BCUT2D eigenvalue weighted by molar-refractivity contribution is 0.215. The number of rotatable bonds is 6. The monoisotopic (exact) mass is 311 g/mol. The van der Waals surface area contributed by atoms with Crippen LogP contribution in [0.25, 0.3) is 0 Å². The lowest BCUT2D eigenvalue weighted by Crippen LogP contribution is -2.43. The average molecular weight is 311 g/mol. The molecule has 1 saturated heterocycles. The van der Waals surface area contributed by atoms with E-state index in [4.69, 9.17) is 5.73 Å². The van der Waals surface area contributed by atoms with Crippen molar-refractivity contribution in [2.75, 3.05) is 19.6 Å². The van der Waals surface area contributed by atoms with E-state index < -0.39 is 10.0 Å². The molecular weight excluding hydrogens is 286 g/mol. The maximum absolute atomic E-state index is 12.5. The van der Waals surface area contributed by atoms with Gasteiger partial charge in [0.25, 0.3) is 0 Å². The third kappa shape index (κ3) is 4.51. The molecule has 1 atom stereocenters. The first kappa shape index (κ1) is 16.4. The Labute approximate surface area is 127 Å². The van der Waals surface area contributed by atoms with Gasteiger partial charge in [0.15, 0.2) is 0 Å². The molecule has 1 aliphatic rings. The van der Waals surface area contributed by atoms with Crippen LogP contribution in [0.3, 0.4) is 0 Å². The Balaban J connectivity index is 2.02. The lowest BCUT2D eigenvalue weighted by Gasteiger charge is -2.29. The fourth-order valence-corrected chi connectivity index (χ4v) is 4.31. The quantitative estimate of drug-likeness (QED) is 0.830. The van der Waals surface area contributed by atoms with E-state index in [9.17, 15) is 8.42 Å². The number of benzene rings is 1. The summed E-state index contributed by atoms with van der Waals surface area (Å²) in [6.45, 7) is 5.01. The SMILES string of the molecule is CC(CN1CCCCC1)NS(=O)(=O)c1ccccc1CN. The van der Waals surface area contributed by atoms with Crippen LogP contribution in [0.1, 0.15) is 31.7 Å². The molecule has 3 N–H and O–H groups in total. The highest BCUT2D eigenvalue weighted by atomic mass is 32.2. The zero-order chi connectivity index (χ0) is 15.3. The van der Waals surface area contributed by atoms with Gasteiger partial charge in [-0.2, -0.15) is 0 Å². The molecule has 1 aliphatic heterocycles. The van der Waals surface area contributed by atoms with Crippen LogP contribution in [0.2, 0.25) is 0 Å². The van der Waals surface area contributed by atoms with Crippen molar-refractivity contribution >= 4 is 10.0 Å². The van der Waals surface area contributed by atoms with Crippen LogP contribution >= 0.6 is 0 Å². The van der Waals surface area contributed by atoms with Crippen molar-refractivity contribution in [2.45, 2.75) is 43.7 Å². The second-order valence-electron chi connectivity index (χ2n) is 5.70. The zero-order valence-electron chi connectivity index (χ0n) is 12.6. The highest BCUT2D eigenvalue weighted by Crippen LogP contribution is 2.16. The molecule has 0 aliphatic carbocycles. The number of nitrogens with two attached hydrogens (primary N) is 1. The summed E-state index contributed by atoms with van der Waals surface area (Å²) in [7, 11) is -3.51. The maximum Gasteiger partial charge on any atom is 0.241 e. The van der Waals surface area contributed by atoms with E-state index in [1.807, 2.05) is 6.92 Å². The zero-order valence-corrected chi connectivity index (χ0v) is 13.4. The second-order valence-corrected chi connectivity index (χ2v) is 7.38. The van der Waals surface area contributed by atoms with Crippen LogP contribution in [0.5, 0.6) is 0 Å². The van der Waals surface area contributed by atoms with Gasteiger partial charge in [0.2, 0.25) is 10.0 Å². The summed E-state index contributed by atoms with van der Waals surface area (Å²) in [4.78, 5) is 2.61. The van der Waals surface area contributed by atoms with Gasteiger partial charge in [0.1, 0.15) is 0 Å². The molecule has 1 fully saturated rings. The number of hydrogen-bond donors (Lipinski definition) is 2. The van der Waals surface area contributed by atoms with Crippen molar-refractivity contribution in [3.63, 3.8) is 0 Å². The number of sulfonamides is 1. The highest BCUT2D eigenvalue weighted by molar-refractivity contribution is 7.89. The third-order valence-corrected chi connectivity index (χ3v) is 5.51. The summed E-state index contributed by atoms with van der Waals surface area (Å²) in [5.74, 6) is 0. The highest BCUT2D eigenvalue weighted by Gasteiger charge is 2.21. The number of likely N-dealkylation sites (tertiary alicyclic amines) is 1. The van der Waals surface area contributed by atoms with Crippen LogP contribution in [-0.2, 0) is 16.6 Å². The molecule has 0 aromatic heterocycles. The summed E-state index contributed by atoms with van der Waals surface area (Å²) in [6, 6.07) is 6.78. The molecular formula is C15H25N3O2S. The topological polar surface area (TPSA) is 75.4 Å². The molecule has 0 radical (unpaired) electrons. The Bertz CT molecular complexity index is 554. The molecule has 21 heavy (non-hydrogen) atoms. The predicted octanol–water partition coefficient (Wildman–Crippen LogP) is 1.30. The summed E-state index contributed by atoms with van der Waals surface area (Å²) in [5.41, 5.74) is 6.28. The van der Waals surface area contributed by atoms with Gasteiger partial charge < -0.3 is 10.6 Å². The van der Waals surface area contributed by atoms with E-state index >= 15 is 0 Å². The van der Waals surface area contributed by atoms with Gasteiger partial charge in [-0.3, -0.25) is 0 Å². The Morgan fingerprint density at radius 1 is 1.24 bits per heavy atom. The van der Waals surface area contributed by atoms with Gasteiger partial charge in [0.05, 0.1) is 4.90 Å². The summed E-state index contributed by atoms with van der Waals surface area (Å²) < 4.78 is 27.7. The molecule has 0 bridgehead atoms.